The third kappa shape index (κ3) is 3.48. The predicted molar refractivity (Wildman–Crippen MR) is 68.9 cm³/mol. The minimum absolute atomic E-state index is 0.368. The monoisotopic (exact) mass is 272 g/mol. The van der Waals surface area contributed by atoms with E-state index < -0.39 is 11.7 Å². The van der Waals surface area contributed by atoms with Crippen molar-refractivity contribution in [1.29, 1.82) is 0 Å². The highest BCUT2D eigenvalue weighted by Gasteiger charge is 2.34. The van der Waals surface area contributed by atoms with Gasteiger partial charge >= 0.3 is 6.18 Å². The molecular formula is C14H19F3N2. The molecular weight excluding hydrogens is 253 g/mol. The number of alkyl halides is 3. The maximum Gasteiger partial charge on any atom is 0.416 e. The summed E-state index contributed by atoms with van der Waals surface area (Å²) < 4.78 is 39.0. The van der Waals surface area contributed by atoms with Gasteiger partial charge in [0.2, 0.25) is 0 Å². The first-order valence-electron chi connectivity index (χ1n) is 6.46. The Hall–Kier alpha value is -1.07. The van der Waals surface area contributed by atoms with Gasteiger partial charge in [-0.1, -0.05) is 17.7 Å². The number of likely N-dealkylation sites (N-methyl/N-ethyl adjacent to an activating group) is 1. The second kappa shape index (κ2) is 5.51. The highest BCUT2D eigenvalue weighted by molar-refractivity contribution is 5.33. The Morgan fingerprint density at radius 1 is 1.37 bits per heavy atom. The summed E-state index contributed by atoms with van der Waals surface area (Å²) in [6.07, 6.45) is -3.28. The number of nitrogens with one attached hydrogen (secondary N) is 1. The molecule has 0 saturated carbocycles. The molecule has 1 saturated heterocycles. The molecule has 0 bridgehead atoms. The standard InChI is InChI=1S/C14H19F3N2/c1-10-3-4-11(13(7-10)14(15,16)17)8-19-6-5-12(9-19)18-2/h3-4,7,12,18H,5-6,8-9H2,1-2H3/t12-/m1/s1. The lowest BCUT2D eigenvalue weighted by molar-refractivity contribution is -0.138. The van der Waals surface area contributed by atoms with Crippen LogP contribution in [0.1, 0.15) is 23.1 Å². The number of hydrogen-bond donors (Lipinski definition) is 1. The minimum Gasteiger partial charge on any atom is -0.316 e. The van der Waals surface area contributed by atoms with Crippen molar-refractivity contribution in [2.24, 2.45) is 0 Å². The summed E-state index contributed by atoms with van der Waals surface area (Å²) in [4.78, 5) is 2.07. The Bertz CT molecular complexity index is 443. The van der Waals surface area contributed by atoms with Gasteiger partial charge in [0.15, 0.2) is 0 Å². The summed E-state index contributed by atoms with van der Waals surface area (Å²) in [6.45, 7) is 3.71. The lowest BCUT2D eigenvalue weighted by Gasteiger charge is -2.20. The molecule has 1 aromatic carbocycles. The van der Waals surface area contributed by atoms with Gasteiger partial charge in [0.25, 0.3) is 0 Å². The predicted octanol–water partition coefficient (Wildman–Crippen LogP) is 2.81. The number of benzene rings is 1. The van der Waals surface area contributed by atoms with Crippen molar-refractivity contribution < 1.29 is 13.2 Å². The molecule has 106 valence electrons. The third-order valence-corrected chi connectivity index (χ3v) is 3.65. The van der Waals surface area contributed by atoms with E-state index in [2.05, 4.69) is 10.2 Å². The van der Waals surface area contributed by atoms with E-state index in [-0.39, 0.29) is 0 Å². The summed E-state index contributed by atoms with van der Waals surface area (Å²) in [5, 5.41) is 3.17. The van der Waals surface area contributed by atoms with Crippen molar-refractivity contribution in [3.8, 4) is 0 Å². The number of aryl methyl sites for hydroxylation is 1. The van der Waals surface area contributed by atoms with Crippen LogP contribution in [-0.4, -0.2) is 31.1 Å². The summed E-state index contributed by atoms with van der Waals surface area (Å²) in [5.74, 6) is 0. The van der Waals surface area contributed by atoms with Gasteiger partial charge in [-0.25, -0.2) is 0 Å². The van der Waals surface area contributed by atoms with Crippen molar-refractivity contribution in [2.45, 2.75) is 32.1 Å². The van der Waals surface area contributed by atoms with Gasteiger partial charge in [0.05, 0.1) is 5.56 Å². The molecule has 0 unspecified atom stereocenters. The van der Waals surface area contributed by atoms with Gasteiger partial charge in [-0.3, -0.25) is 4.90 Å². The zero-order chi connectivity index (χ0) is 14.0. The van der Waals surface area contributed by atoms with E-state index in [1.807, 2.05) is 7.05 Å². The van der Waals surface area contributed by atoms with Gasteiger partial charge in [-0.15, -0.1) is 0 Å². The molecule has 1 aliphatic heterocycles. The molecule has 19 heavy (non-hydrogen) atoms. The molecule has 2 rings (SSSR count). The molecule has 5 heteroatoms. The zero-order valence-corrected chi connectivity index (χ0v) is 11.2. The van der Waals surface area contributed by atoms with Gasteiger partial charge in [-0.05, 0) is 32.0 Å². The largest absolute Gasteiger partial charge is 0.416 e. The third-order valence-electron chi connectivity index (χ3n) is 3.65. The Morgan fingerprint density at radius 3 is 2.68 bits per heavy atom. The fourth-order valence-corrected chi connectivity index (χ4v) is 2.54. The maximum atomic E-state index is 13.0. The van der Waals surface area contributed by atoms with E-state index in [1.165, 1.54) is 6.07 Å². The number of rotatable bonds is 3. The summed E-state index contributed by atoms with van der Waals surface area (Å²) in [5.41, 5.74) is 0.515. The second-order valence-electron chi connectivity index (χ2n) is 5.17. The quantitative estimate of drug-likeness (QED) is 0.910. The fourth-order valence-electron chi connectivity index (χ4n) is 2.54. The second-order valence-corrected chi connectivity index (χ2v) is 5.17. The number of hydrogen-bond acceptors (Lipinski definition) is 2. The molecule has 0 radical (unpaired) electrons. The lowest BCUT2D eigenvalue weighted by Crippen LogP contribution is -2.29. The molecule has 1 aromatic rings. The van der Waals surface area contributed by atoms with Crippen LogP contribution in [0.15, 0.2) is 18.2 Å². The van der Waals surface area contributed by atoms with Crippen LogP contribution in [0.4, 0.5) is 13.2 Å². The Kier molecular flexibility index (Phi) is 4.16. The molecule has 0 aliphatic carbocycles. The molecule has 0 amide bonds. The average molecular weight is 272 g/mol. The SMILES string of the molecule is CN[C@@H]1CCN(Cc2ccc(C)cc2C(F)(F)F)C1. The summed E-state index contributed by atoms with van der Waals surface area (Å²) >= 11 is 0. The van der Waals surface area contributed by atoms with Crippen LogP contribution >= 0.6 is 0 Å². The Labute approximate surface area is 111 Å². The van der Waals surface area contributed by atoms with Gasteiger partial charge in [-0.2, -0.15) is 13.2 Å². The smallest absolute Gasteiger partial charge is 0.316 e. The van der Waals surface area contributed by atoms with E-state index in [1.54, 1.807) is 19.1 Å². The van der Waals surface area contributed by atoms with E-state index in [0.717, 1.165) is 19.5 Å². The maximum absolute atomic E-state index is 13.0. The van der Waals surface area contributed by atoms with Crippen molar-refractivity contribution in [2.75, 3.05) is 20.1 Å². The van der Waals surface area contributed by atoms with Crippen LogP contribution < -0.4 is 5.32 Å². The first-order chi connectivity index (χ1) is 8.90. The van der Waals surface area contributed by atoms with Gasteiger partial charge in [0, 0.05) is 25.7 Å². The van der Waals surface area contributed by atoms with Crippen LogP contribution in [0, 0.1) is 6.92 Å². The van der Waals surface area contributed by atoms with Crippen LogP contribution in [0.5, 0.6) is 0 Å². The molecule has 0 aromatic heterocycles. The molecule has 2 nitrogen and oxygen atoms in total. The fraction of sp³-hybridized carbons (Fsp3) is 0.571. The number of likely N-dealkylation sites (tertiary alicyclic amines) is 1. The average Bonchev–Trinajstić information content (AvgIpc) is 2.78. The summed E-state index contributed by atoms with van der Waals surface area (Å²) in [6, 6.07) is 4.97. The Balaban J connectivity index is 2.16. The van der Waals surface area contributed by atoms with Crippen LogP contribution in [0.3, 0.4) is 0 Å². The number of halogens is 3. The molecule has 1 heterocycles. The lowest BCUT2D eigenvalue weighted by atomic mass is 10.0. The molecule has 1 aliphatic rings. The van der Waals surface area contributed by atoms with Crippen LogP contribution in [-0.2, 0) is 12.7 Å². The van der Waals surface area contributed by atoms with E-state index >= 15 is 0 Å². The molecule has 1 atom stereocenters. The van der Waals surface area contributed by atoms with Crippen molar-refractivity contribution >= 4 is 0 Å². The van der Waals surface area contributed by atoms with E-state index in [0.29, 0.717) is 23.7 Å². The summed E-state index contributed by atoms with van der Waals surface area (Å²) in [7, 11) is 1.89. The molecule has 1 fully saturated rings. The topological polar surface area (TPSA) is 15.3 Å². The van der Waals surface area contributed by atoms with Crippen molar-refractivity contribution in [3.05, 3.63) is 34.9 Å². The highest BCUT2D eigenvalue weighted by Crippen LogP contribution is 2.33. The van der Waals surface area contributed by atoms with Crippen LogP contribution in [0.2, 0.25) is 0 Å². The van der Waals surface area contributed by atoms with E-state index in [9.17, 15) is 13.2 Å². The first kappa shape index (κ1) is 14.3. The van der Waals surface area contributed by atoms with Gasteiger partial charge < -0.3 is 5.32 Å². The molecule has 0 spiro atoms. The normalized spacial score (nSPS) is 21.0. The first-order valence-corrected chi connectivity index (χ1v) is 6.46. The van der Waals surface area contributed by atoms with Crippen LogP contribution in [0.25, 0.3) is 0 Å². The van der Waals surface area contributed by atoms with E-state index in [4.69, 9.17) is 0 Å². The minimum atomic E-state index is -4.27. The van der Waals surface area contributed by atoms with Crippen molar-refractivity contribution in [1.82, 2.24) is 10.2 Å². The molecule has 1 N–H and O–H groups in total. The highest BCUT2D eigenvalue weighted by atomic mass is 19.4. The number of nitrogens with zero attached hydrogens (tertiary/aromatic N) is 1. The zero-order valence-electron chi connectivity index (χ0n) is 11.2. The van der Waals surface area contributed by atoms with Gasteiger partial charge in [0.1, 0.15) is 0 Å². The van der Waals surface area contributed by atoms with Crippen molar-refractivity contribution in [3.63, 3.8) is 0 Å². The Morgan fingerprint density at radius 2 is 2.11 bits per heavy atom.